The molecular weight excluding hydrogens is 96.1 g/mol. The van der Waals surface area contributed by atoms with Crippen molar-refractivity contribution in [2.75, 3.05) is 0 Å². The average molecular weight is 108 g/mol. The zero-order chi connectivity index (χ0) is 5.35. The largest absolute Gasteiger partial charge is 0.0591 e. The monoisotopic (exact) mass is 108 g/mol. The van der Waals surface area contributed by atoms with Crippen LogP contribution in [0.5, 0.6) is 0 Å². The molecule has 8 heavy (non-hydrogen) atoms. The Labute approximate surface area is 50.3 Å². The number of hydrogen-bond acceptors (Lipinski definition) is 0. The van der Waals surface area contributed by atoms with Gasteiger partial charge in [0.1, 0.15) is 0 Å². The van der Waals surface area contributed by atoms with E-state index < -0.39 is 0 Å². The summed E-state index contributed by atoms with van der Waals surface area (Å²) in [5, 5.41) is 0. The van der Waals surface area contributed by atoms with Gasteiger partial charge in [-0.2, -0.15) is 0 Å². The standard InChI is InChI=1S/C8H12/c1-8-4-5-2-6(8)3-7(5)8/h5-7H,2-4H2,1H3. The molecule has 0 aliphatic heterocycles. The molecule has 4 bridgehead atoms. The first-order chi connectivity index (χ1) is 3.81. The van der Waals surface area contributed by atoms with E-state index in [4.69, 9.17) is 0 Å². The van der Waals surface area contributed by atoms with Gasteiger partial charge in [0.15, 0.2) is 0 Å². The summed E-state index contributed by atoms with van der Waals surface area (Å²) in [6.07, 6.45) is 4.78. The van der Waals surface area contributed by atoms with Crippen LogP contribution >= 0.6 is 0 Å². The van der Waals surface area contributed by atoms with Crippen LogP contribution < -0.4 is 0 Å². The molecule has 0 nitrogen and oxygen atoms in total. The minimum absolute atomic E-state index is 0.894. The smallest absolute Gasteiger partial charge is 0.0264 e. The van der Waals surface area contributed by atoms with Crippen molar-refractivity contribution >= 4 is 0 Å². The van der Waals surface area contributed by atoms with Crippen molar-refractivity contribution in [3.63, 3.8) is 0 Å². The van der Waals surface area contributed by atoms with Gasteiger partial charge in [0.2, 0.25) is 0 Å². The molecule has 5 saturated carbocycles. The molecule has 44 valence electrons. The Bertz CT molecular complexity index is 142. The topological polar surface area (TPSA) is 0 Å². The van der Waals surface area contributed by atoms with Gasteiger partial charge in [0.05, 0.1) is 0 Å². The average Bonchev–Trinajstić information content (AvgIpc) is 2.26. The van der Waals surface area contributed by atoms with Gasteiger partial charge in [-0.1, -0.05) is 6.92 Å². The molecule has 0 radical (unpaired) electrons. The highest BCUT2D eigenvalue weighted by atomic mass is 14.7. The summed E-state index contributed by atoms with van der Waals surface area (Å²) in [6, 6.07) is 0. The predicted octanol–water partition coefficient (Wildman–Crippen LogP) is 2.05. The van der Waals surface area contributed by atoms with Crippen LogP contribution in [0.1, 0.15) is 26.2 Å². The van der Waals surface area contributed by atoms with E-state index in [1.165, 1.54) is 17.8 Å². The first-order valence-electron chi connectivity index (χ1n) is 3.81. The highest BCUT2D eigenvalue weighted by Crippen LogP contribution is 2.77. The van der Waals surface area contributed by atoms with E-state index >= 15 is 0 Å². The van der Waals surface area contributed by atoms with E-state index in [1.807, 2.05) is 0 Å². The second-order valence-corrected chi connectivity index (χ2v) is 4.24. The molecule has 0 amide bonds. The lowest BCUT2D eigenvalue weighted by Crippen LogP contribution is -2.49. The third-order valence-corrected chi connectivity index (χ3v) is 4.18. The highest BCUT2D eigenvalue weighted by molar-refractivity contribution is 5.18. The van der Waals surface area contributed by atoms with Crippen LogP contribution in [0, 0.1) is 23.2 Å². The normalized spacial score (nSPS) is 73.9. The van der Waals surface area contributed by atoms with E-state index in [2.05, 4.69) is 6.92 Å². The Balaban J connectivity index is 2.12. The highest BCUT2D eigenvalue weighted by Gasteiger charge is 2.69. The maximum Gasteiger partial charge on any atom is -0.0264 e. The van der Waals surface area contributed by atoms with Gasteiger partial charge in [0, 0.05) is 0 Å². The molecule has 0 saturated heterocycles. The van der Waals surface area contributed by atoms with Crippen LogP contribution in [-0.4, -0.2) is 0 Å². The summed E-state index contributed by atoms with van der Waals surface area (Å²) in [5.74, 6) is 3.58. The molecular formula is C8H12. The van der Waals surface area contributed by atoms with Crippen molar-refractivity contribution in [1.82, 2.24) is 0 Å². The maximum atomic E-state index is 2.50. The Morgan fingerprint density at radius 3 is 2.38 bits per heavy atom. The molecule has 0 aromatic rings. The second kappa shape index (κ2) is 0.778. The van der Waals surface area contributed by atoms with Crippen molar-refractivity contribution in [1.29, 1.82) is 0 Å². The van der Waals surface area contributed by atoms with Crippen molar-refractivity contribution < 1.29 is 0 Å². The Hall–Kier alpha value is 0. The van der Waals surface area contributed by atoms with Crippen LogP contribution in [-0.2, 0) is 0 Å². The molecule has 0 N–H and O–H groups in total. The molecule has 5 aliphatic rings. The van der Waals surface area contributed by atoms with Crippen LogP contribution in [0.25, 0.3) is 0 Å². The molecule has 4 unspecified atom stereocenters. The van der Waals surface area contributed by atoms with Gasteiger partial charge < -0.3 is 0 Å². The quantitative estimate of drug-likeness (QED) is 0.445. The molecule has 0 heteroatoms. The molecule has 5 fully saturated rings. The summed E-state index contributed by atoms with van der Waals surface area (Å²) in [5.41, 5.74) is 0.894. The van der Waals surface area contributed by atoms with Crippen LogP contribution in [0.2, 0.25) is 0 Å². The van der Waals surface area contributed by atoms with Gasteiger partial charge in [-0.15, -0.1) is 0 Å². The number of rotatable bonds is 0. The molecule has 0 heterocycles. The van der Waals surface area contributed by atoms with Gasteiger partial charge in [0.25, 0.3) is 0 Å². The van der Waals surface area contributed by atoms with E-state index in [1.54, 1.807) is 19.3 Å². The summed E-state index contributed by atoms with van der Waals surface area (Å²) < 4.78 is 0. The van der Waals surface area contributed by atoms with Gasteiger partial charge in [-0.25, -0.2) is 0 Å². The minimum atomic E-state index is 0.894. The number of hydrogen-bond donors (Lipinski definition) is 0. The maximum absolute atomic E-state index is 2.50. The van der Waals surface area contributed by atoms with Crippen molar-refractivity contribution in [2.24, 2.45) is 23.2 Å². The van der Waals surface area contributed by atoms with Crippen molar-refractivity contribution in [3.05, 3.63) is 0 Å². The SMILES string of the molecule is CC12CC3CC1CC32. The van der Waals surface area contributed by atoms with Gasteiger partial charge >= 0.3 is 0 Å². The van der Waals surface area contributed by atoms with Crippen molar-refractivity contribution in [2.45, 2.75) is 26.2 Å². The van der Waals surface area contributed by atoms with Crippen LogP contribution in [0.4, 0.5) is 0 Å². The lowest BCUT2D eigenvalue weighted by molar-refractivity contribution is -0.0717. The Morgan fingerprint density at radius 1 is 1.38 bits per heavy atom. The van der Waals surface area contributed by atoms with Gasteiger partial charge in [-0.3, -0.25) is 0 Å². The van der Waals surface area contributed by atoms with Crippen molar-refractivity contribution in [3.8, 4) is 0 Å². The van der Waals surface area contributed by atoms with Gasteiger partial charge in [-0.05, 0) is 42.4 Å². The molecule has 5 rings (SSSR count). The van der Waals surface area contributed by atoms with Crippen LogP contribution in [0.15, 0.2) is 0 Å². The lowest BCUT2D eigenvalue weighted by Gasteiger charge is -2.56. The van der Waals surface area contributed by atoms with E-state index in [-0.39, 0.29) is 0 Å². The Kier molecular flexibility index (Phi) is 0.381. The third-order valence-electron chi connectivity index (χ3n) is 4.18. The molecule has 0 aromatic heterocycles. The van der Waals surface area contributed by atoms with Crippen LogP contribution in [0.3, 0.4) is 0 Å². The molecule has 5 aliphatic carbocycles. The fraction of sp³-hybridized carbons (Fsp3) is 1.00. The summed E-state index contributed by atoms with van der Waals surface area (Å²) in [6.45, 7) is 2.50. The second-order valence-electron chi connectivity index (χ2n) is 4.24. The fourth-order valence-electron chi connectivity index (χ4n) is 3.56. The minimum Gasteiger partial charge on any atom is -0.0591 e. The summed E-state index contributed by atoms with van der Waals surface area (Å²) >= 11 is 0. The third kappa shape index (κ3) is 0.178. The molecule has 0 spiro atoms. The molecule has 0 aromatic carbocycles. The summed E-state index contributed by atoms with van der Waals surface area (Å²) in [4.78, 5) is 0. The fourth-order valence-corrected chi connectivity index (χ4v) is 3.56. The van der Waals surface area contributed by atoms with E-state index in [9.17, 15) is 0 Å². The summed E-state index contributed by atoms with van der Waals surface area (Å²) in [7, 11) is 0. The van der Waals surface area contributed by atoms with E-state index in [0.29, 0.717) is 0 Å². The molecule has 4 atom stereocenters. The first-order valence-corrected chi connectivity index (χ1v) is 3.81. The lowest BCUT2D eigenvalue weighted by atomic mass is 9.49. The first kappa shape index (κ1) is 3.92. The predicted molar refractivity (Wildman–Crippen MR) is 32.4 cm³/mol. The zero-order valence-corrected chi connectivity index (χ0v) is 5.35. The Morgan fingerprint density at radius 2 is 2.25 bits per heavy atom. The van der Waals surface area contributed by atoms with E-state index in [0.717, 1.165) is 5.41 Å². The zero-order valence-electron chi connectivity index (χ0n) is 5.35.